The highest BCUT2D eigenvalue weighted by molar-refractivity contribution is 5.55. The lowest BCUT2D eigenvalue weighted by Gasteiger charge is -2.32. The summed E-state index contributed by atoms with van der Waals surface area (Å²) in [6.45, 7) is 4.28. The molecule has 4 rings (SSSR count). The zero-order chi connectivity index (χ0) is 17.2. The van der Waals surface area contributed by atoms with Gasteiger partial charge < -0.3 is 5.11 Å². The molecule has 4 heteroatoms. The number of aliphatic hydroxyl groups is 1. The van der Waals surface area contributed by atoms with Crippen LogP contribution in [0.5, 0.6) is 0 Å². The molecule has 2 aromatic carbocycles. The van der Waals surface area contributed by atoms with Crippen LogP contribution in [0.15, 0.2) is 60.9 Å². The van der Waals surface area contributed by atoms with Crippen molar-refractivity contribution in [2.24, 2.45) is 0 Å². The van der Waals surface area contributed by atoms with Crippen LogP contribution in [0.4, 0.5) is 0 Å². The molecule has 1 atom stereocenters. The molecule has 0 spiro atoms. The molecule has 2 heterocycles. The quantitative estimate of drug-likeness (QED) is 0.798. The van der Waals surface area contributed by atoms with Gasteiger partial charge in [-0.1, -0.05) is 48.0 Å². The minimum absolute atomic E-state index is 0.433. The van der Waals surface area contributed by atoms with Crippen LogP contribution in [-0.4, -0.2) is 26.5 Å². The predicted molar refractivity (Wildman–Crippen MR) is 97.7 cm³/mol. The summed E-state index contributed by atoms with van der Waals surface area (Å²) in [6.07, 6.45) is 3.34. The molecule has 4 nitrogen and oxygen atoms in total. The van der Waals surface area contributed by atoms with Crippen molar-refractivity contribution in [1.82, 2.24) is 14.9 Å². The number of aryl methyl sites for hydroxylation is 1. The fraction of sp³-hybridized carbons (Fsp3) is 0.238. The van der Waals surface area contributed by atoms with Gasteiger partial charge in [-0.2, -0.15) is 0 Å². The van der Waals surface area contributed by atoms with Gasteiger partial charge >= 0.3 is 0 Å². The monoisotopic (exact) mass is 331 g/mol. The SMILES string of the molecule is Cc1cccc(-c2ncc(CN3Cc4ccccc4[C@H](O)C3)cn2)c1. The fourth-order valence-electron chi connectivity index (χ4n) is 3.40. The maximum atomic E-state index is 10.4. The van der Waals surface area contributed by atoms with Gasteiger partial charge in [0.05, 0.1) is 6.10 Å². The summed E-state index contributed by atoms with van der Waals surface area (Å²) in [4.78, 5) is 11.3. The topological polar surface area (TPSA) is 49.2 Å². The first-order valence-electron chi connectivity index (χ1n) is 8.55. The van der Waals surface area contributed by atoms with Crippen LogP contribution in [0.2, 0.25) is 0 Å². The summed E-state index contributed by atoms with van der Waals surface area (Å²) in [5.74, 6) is 0.747. The molecular formula is C21H21N3O. The van der Waals surface area contributed by atoms with E-state index in [1.807, 2.05) is 42.7 Å². The van der Waals surface area contributed by atoms with Crippen molar-refractivity contribution in [2.75, 3.05) is 6.54 Å². The predicted octanol–water partition coefficient (Wildman–Crippen LogP) is 3.50. The first-order chi connectivity index (χ1) is 12.2. The number of fused-ring (bicyclic) bond motifs is 1. The number of hydrogen-bond donors (Lipinski definition) is 1. The van der Waals surface area contributed by atoms with Crippen LogP contribution in [0, 0.1) is 6.92 Å². The van der Waals surface area contributed by atoms with Crippen molar-refractivity contribution in [1.29, 1.82) is 0 Å². The second-order valence-corrected chi connectivity index (χ2v) is 6.67. The molecule has 0 radical (unpaired) electrons. The minimum atomic E-state index is -0.433. The minimum Gasteiger partial charge on any atom is -0.387 e. The zero-order valence-electron chi connectivity index (χ0n) is 14.3. The summed E-state index contributed by atoms with van der Waals surface area (Å²) in [5.41, 5.74) is 5.53. The number of aromatic nitrogens is 2. The summed E-state index contributed by atoms with van der Waals surface area (Å²) in [6, 6.07) is 16.3. The second kappa shape index (κ2) is 6.75. The molecule has 126 valence electrons. The summed E-state index contributed by atoms with van der Waals surface area (Å²) in [5, 5.41) is 10.4. The van der Waals surface area contributed by atoms with Gasteiger partial charge in [0, 0.05) is 43.2 Å². The zero-order valence-corrected chi connectivity index (χ0v) is 14.3. The van der Waals surface area contributed by atoms with E-state index >= 15 is 0 Å². The summed E-state index contributed by atoms with van der Waals surface area (Å²) < 4.78 is 0. The van der Waals surface area contributed by atoms with Crippen LogP contribution >= 0.6 is 0 Å². The maximum Gasteiger partial charge on any atom is 0.159 e. The standard InChI is InChI=1S/C21H21N3O/c1-15-5-4-7-17(9-15)21-22-10-16(11-23-21)12-24-13-18-6-2-3-8-19(18)20(25)14-24/h2-11,20,25H,12-14H2,1H3/t20-/m1/s1. The third kappa shape index (κ3) is 3.45. The lowest BCUT2D eigenvalue weighted by molar-refractivity contribution is 0.0881. The van der Waals surface area contributed by atoms with Crippen molar-refractivity contribution < 1.29 is 5.11 Å². The molecule has 1 N–H and O–H groups in total. The molecule has 1 aliphatic rings. The van der Waals surface area contributed by atoms with Gasteiger partial charge in [-0.05, 0) is 24.1 Å². The Morgan fingerprint density at radius 1 is 1.08 bits per heavy atom. The van der Waals surface area contributed by atoms with Gasteiger partial charge in [-0.3, -0.25) is 4.90 Å². The van der Waals surface area contributed by atoms with E-state index < -0.39 is 6.10 Å². The average Bonchev–Trinajstić information content (AvgIpc) is 2.62. The van der Waals surface area contributed by atoms with Gasteiger partial charge in [0.2, 0.25) is 0 Å². The Kier molecular flexibility index (Phi) is 4.30. The lowest BCUT2D eigenvalue weighted by Crippen LogP contribution is -2.33. The van der Waals surface area contributed by atoms with Crippen LogP contribution in [0.1, 0.15) is 28.4 Å². The van der Waals surface area contributed by atoms with Crippen molar-refractivity contribution in [3.63, 3.8) is 0 Å². The largest absolute Gasteiger partial charge is 0.387 e. The van der Waals surface area contributed by atoms with Crippen molar-refractivity contribution in [3.8, 4) is 11.4 Å². The third-order valence-electron chi connectivity index (χ3n) is 4.63. The molecular weight excluding hydrogens is 310 g/mol. The lowest BCUT2D eigenvalue weighted by atomic mass is 9.97. The van der Waals surface area contributed by atoms with E-state index in [1.54, 1.807) is 0 Å². The Labute approximate surface area is 147 Å². The molecule has 0 saturated carbocycles. The average molecular weight is 331 g/mol. The number of rotatable bonds is 3. The van der Waals surface area contributed by atoms with Gasteiger partial charge in [-0.15, -0.1) is 0 Å². The Morgan fingerprint density at radius 3 is 2.68 bits per heavy atom. The number of aliphatic hydroxyl groups excluding tert-OH is 1. The Balaban J connectivity index is 1.49. The number of β-amino-alcohol motifs (C(OH)–C–C–N with tert-alkyl or cyclic N) is 1. The number of nitrogens with zero attached hydrogens (tertiary/aromatic N) is 3. The smallest absolute Gasteiger partial charge is 0.159 e. The molecule has 1 aromatic heterocycles. The van der Waals surface area contributed by atoms with E-state index in [1.165, 1.54) is 11.1 Å². The van der Waals surface area contributed by atoms with Crippen molar-refractivity contribution in [2.45, 2.75) is 26.1 Å². The van der Waals surface area contributed by atoms with E-state index in [0.29, 0.717) is 6.54 Å². The van der Waals surface area contributed by atoms with E-state index in [-0.39, 0.29) is 0 Å². The summed E-state index contributed by atoms with van der Waals surface area (Å²) in [7, 11) is 0. The Morgan fingerprint density at radius 2 is 1.88 bits per heavy atom. The molecule has 0 aliphatic carbocycles. The van der Waals surface area contributed by atoms with Crippen LogP contribution in [0.25, 0.3) is 11.4 Å². The van der Waals surface area contributed by atoms with Crippen LogP contribution < -0.4 is 0 Å². The second-order valence-electron chi connectivity index (χ2n) is 6.67. The first-order valence-corrected chi connectivity index (χ1v) is 8.55. The molecule has 1 aliphatic heterocycles. The number of benzene rings is 2. The van der Waals surface area contributed by atoms with Crippen molar-refractivity contribution >= 4 is 0 Å². The van der Waals surface area contributed by atoms with E-state index in [9.17, 15) is 5.11 Å². The van der Waals surface area contributed by atoms with E-state index in [2.05, 4.69) is 40.0 Å². The summed E-state index contributed by atoms with van der Waals surface area (Å²) >= 11 is 0. The van der Waals surface area contributed by atoms with E-state index in [4.69, 9.17) is 0 Å². The van der Waals surface area contributed by atoms with Gasteiger partial charge in [0.1, 0.15) is 0 Å². The molecule has 0 fully saturated rings. The number of hydrogen-bond acceptors (Lipinski definition) is 4. The molecule has 0 unspecified atom stereocenters. The van der Waals surface area contributed by atoms with E-state index in [0.717, 1.165) is 35.6 Å². The molecule has 3 aromatic rings. The van der Waals surface area contributed by atoms with Gasteiger partial charge in [0.25, 0.3) is 0 Å². The fourth-order valence-corrected chi connectivity index (χ4v) is 3.40. The Bertz CT molecular complexity index is 876. The van der Waals surface area contributed by atoms with Crippen molar-refractivity contribution in [3.05, 3.63) is 83.2 Å². The highest BCUT2D eigenvalue weighted by Gasteiger charge is 2.23. The normalized spacial score (nSPS) is 17.3. The maximum absolute atomic E-state index is 10.4. The van der Waals surface area contributed by atoms with Gasteiger partial charge in [0.15, 0.2) is 5.82 Å². The van der Waals surface area contributed by atoms with Crippen LogP contribution in [-0.2, 0) is 13.1 Å². The Hall–Kier alpha value is -2.56. The van der Waals surface area contributed by atoms with Gasteiger partial charge in [-0.25, -0.2) is 9.97 Å². The molecule has 25 heavy (non-hydrogen) atoms. The van der Waals surface area contributed by atoms with Crippen LogP contribution in [0.3, 0.4) is 0 Å². The molecule has 0 bridgehead atoms. The third-order valence-corrected chi connectivity index (χ3v) is 4.63. The molecule has 0 saturated heterocycles. The first kappa shape index (κ1) is 15.9. The molecule has 0 amide bonds. The highest BCUT2D eigenvalue weighted by Crippen LogP contribution is 2.27. The highest BCUT2D eigenvalue weighted by atomic mass is 16.3.